The molecule has 0 amide bonds. The van der Waals surface area contributed by atoms with Crippen LogP contribution in [0.5, 0.6) is 11.6 Å². The van der Waals surface area contributed by atoms with Gasteiger partial charge >= 0.3 is 0 Å². The number of hydrogen-bond donors (Lipinski definition) is 1. The smallest absolute Gasteiger partial charge is 0.238 e. The third-order valence-corrected chi connectivity index (χ3v) is 2.88. The molecule has 1 aromatic heterocycles. The Balaban J connectivity index is 1.59. The lowest BCUT2D eigenvalue weighted by Crippen LogP contribution is -2.16. The molecule has 98 valence electrons. The molecule has 0 atom stereocenters. The molecule has 0 aliphatic heterocycles. The van der Waals surface area contributed by atoms with Gasteiger partial charge < -0.3 is 10.1 Å². The minimum Gasteiger partial charge on any atom is -0.438 e. The maximum atomic E-state index is 12.7. The lowest BCUT2D eigenvalue weighted by atomic mass is 10.3. The molecule has 4 nitrogen and oxygen atoms in total. The molecule has 0 unspecified atom stereocenters. The van der Waals surface area contributed by atoms with Gasteiger partial charge in [-0.15, -0.1) is 5.10 Å². The molecule has 3 rings (SSSR count). The maximum Gasteiger partial charge on any atom is 0.238 e. The summed E-state index contributed by atoms with van der Waals surface area (Å²) < 4.78 is 18.2. The molecule has 0 saturated heterocycles. The first-order valence-corrected chi connectivity index (χ1v) is 6.29. The summed E-state index contributed by atoms with van der Waals surface area (Å²) in [6.07, 6.45) is 2.50. The van der Waals surface area contributed by atoms with Gasteiger partial charge in [-0.05, 0) is 43.2 Å². The van der Waals surface area contributed by atoms with Crippen LogP contribution in [0.4, 0.5) is 4.39 Å². The number of halogens is 1. The summed E-state index contributed by atoms with van der Waals surface area (Å²) in [6.45, 7) is 0.731. The van der Waals surface area contributed by atoms with Gasteiger partial charge in [-0.25, -0.2) is 4.39 Å². The molecule has 1 N–H and O–H groups in total. The molecule has 1 saturated carbocycles. The van der Waals surface area contributed by atoms with E-state index in [-0.39, 0.29) is 5.82 Å². The molecule has 1 aliphatic rings. The Hall–Kier alpha value is -2.01. The summed E-state index contributed by atoms with van der Waals surface area (Å²) in [5.74, 6) is 0.654. The van der Waals surface area contributed by atoms with E-state index in [0.29, 0.717) is 17.7 Å². The zero-order valence-electron chi connectivity index (χ0n) is 10.3. The van der Waals surface area contributed by atoms with Crippen molar-refractivity contribution in [2.75, 3.05) is 0 Å². The van der Waals surface area contributed by atoms with Crippen molar-refractivity contribution in [3.05, 3.63) is 47.9 Å². The molecule has 1 heterocycles. The molecular formula is C14H14FN3O. The van der Waals surface area contributed by atoms with Crippen LogP contribution in [-0.2, 0) is 6.54 Å². The topological polar surface area (TPSA) is 47.0 Å². The van der Waals surface area contributed by atoms with Gasteiger partial charge in [-0.3, -0.25) is 0 Å². The standard InChI is InChI=1S/C14H14FN3O/c15-10-1-6-13(7-2-10)19-14-8-5-12(17-18-14)9-16-11-3-4-11/h1-2,5-8,11,16H,3-4,9H2. The normalized spacial score (nSPS) is 14.4. The van der Waals surface area contributed by atoms with Gasteiger partial charge in [0.25, 0.3) is 0 Å². The van der Waals surface area contributed by atoms with Crippen molar-refractivity contribution in [2.24, 2.45) is 0 Å². The zero-order chi connectivity index (χ0) is 13.1. The van der Waals surface area contributed by atoms with Crippen molar-refractivity contribution in [1.82, 2.24) is 15.5 Å². The van der Waals surface area contributed by atoms with E-state index < -0.39 is 0 Å². The predicted molar refractivity (Wildman–Crippen MR) is 68.4 cm³/mol. The molecule has 19 heavy (non-hydrogen) atoms. The van der Waals surface area contributed by atoms with Crippen LogP contribution in [0.15, 0.2) is 36.4 Å². The minimum atomic E-state index is -0.292. The third-order valence-electron chi connectivity index (χ3n) is 2.88. The second-order valence-electron chi connectivity index (χ2n) is 4.57. The lowest BCUT2D eigenvalue weighted by molar-refractivity contribution is 0.451. The van der Waals surface area contributed by atoms with E-state index in [9.17, 15) is 4.39 Å². The Labute approximate surface area is 110 Å². The van der Waals surface area contributed by atoms with Gasteiger partial charge in [0.15, 0.2) is 0 Å². The Morgan fingerprint density at radius 2 is 1.89 bits per heavy atom. The lowest BCUT2D eigenvalue weighted by Gasteiger charge is -2.05. The monoisotopic (exact) mass is 259 g/mol. The van der Waals surface area contributed by atoms with E-state index in [1.165, 1.54) is 25.0 Å². The number of benzene rings is 1. The van der Waals surface area contributed by atoms with Gasteiger partial charge in [0.05, 0.1) is 5.69 Å². The van der Waals surface area contributed by atoms with Gasteiger partial charge in [0.1, 0.15) is 11.6 Å². The van der Waals surface area contributed by atoms with Gasteiger partial charge in [-0.1, -0.05) is 0 Å². The summed E-state index contributed by atoms with van der Waals surface area (Å²) >= 11 is 0. The second kappa shape index (κ2) is 5.32. The average Bonchev–Trinajstić information content (AvgIpc) is 3.25. The van der Waals surface area contributed by atoms with Gasteiger partial charge in [0, 0.05) is 18.7 Å². The van der Waals surface area contributed by atoms with Crippen molar-refractivity contribution < 1.29 is 9.13 Å². The van der Waals surface area contributed by atoms with Crippen LogP contribution in [0, 0.1) is 5.82 Å². The summed E-state index contributed by atoms with van der Waals surface area (Å²) in [6, 6.07) is 10.1. The largest absolute Gasteiger partial charge is 0.438 e. The Morgan fingerprint density at radius 3 is 2.53 bits per heavy atom. The number of nitrogens with one attached hydrogen (secondary N) is 1. The first-order chi connectivity index (χ1) is 9.29. The highest BCUT2D eigenvalue weighted by Crippen LogP contribution is 2.20. The van der Waals surface area contributed by atoms with Gasteiger partial charge in [0.2, 0.25) is 5.88 Å². The molecule has 1 aliphatic carbocycles. The first-order valence-electron chi connectivity index (χ1n) is 6.29. The van der Waals surface area contributed by atoms with E-state index in [1.54, 1.807) is 18.2 Å². The zero-order valence-corrected chi connectivity index (χ0v) is 10.3. The summed E-state index contributed by atoms with van der Waals surface area (Å²) in [5.41, 5.74) is 0.887. The van der Waals surface area contributed by atoms with E-state index >= 15 is 0 Å². The second-order valence-corrected chi connectivity index (χ2v) is 4.57. The maximum absolute atomic E-state index is 12.7. The SMILES string of the molecule is Fc1ccc(Oc2ccc(CNC3CC3)nn2)cc1. The number of aromatic nitrogens is 2. The molecule has 0 bridgehead atoms. The molecule has 0 radical (unpaired) electrons. The summed E-state index contributed by atoms with van der Waals surface area (Å²) in [4.78, 5) is 0. The van der Waals surface area contributed by atoms with E-state index in [4.69, 9.17) is 4.74 Å². The predicted octanol–water partition coefficient (Wildman–Crippen LogP) is 2.66. The first kappa shape index (κ1) is 12.0. The fourth-order valence-electron chi connectivity index (χ4n) is 1.66. The highest BCUT2D eigenvalue weighted by molar-refractivity contribution is 5.26. The average molecular weight is 259 g/mol. The quantitative estimate of drug-likeness (QED) is 0.896. The van der Waals surface area contributed by atoms with Crippen LogP contribution in [0.2, 0.25) is 0 Å². The fraction of sp³-hybridized carbons (Fsp3) is 0.286. The highest BCUT2D eigenvalue weighted by atomic mass is 19.1. The van der Waals surface area contributed by atoms with Crippen molar-refractivity contribution >= 4 is 0 Å². The van der Waals surface area contributed by atoms with Crippen LogP contribution in [0.25, 0.3) is 0 Å². The van der Waals surface area contributed by atoms with Crippen LogP contribution in [-0.4, -0.2) is 16.2 Å². The van der Waals surface area contributed by atoms with Crippen LogP contribution < -0.4 is 10.1 Å². The Bertz CT molecular complexity index is 538. The number of ether oxygens (including phenoxy) is 1. The van der Waals surface area contributed by atoms with Crippen LogP contribution >= 0.6 is 0 Å². The van der Waals surface area contributed by atoms with E-state index in [0.717, 1.165) is 12.2 Å². The highest BCUT2D eigenvalue weighted by Gasteiger charge is 2.20. The number of rotatable bonds is 5. The van der Waals surface area contributed by atoms with Gasteiger partial charge in [-0.2, -0.15) is 5.10 Å². The molecular weight excluding hydrogens is 245 g/mol. The molecule has 0 spiro atoms. The van der Waals surface area contributed by atoms with Crippen molar-refractivity contribution in [3.8, 4) is 11.6 Å². The molecule has 2 aromatic rings. The van der Waals surface area contributed by atoms with Crippen molar-refractivity contribution in [2.45, 2.75) is 25.4 Å². The van der Waals surface area contributed by atoms with Crippen molar-refractivity contribution in [1.29, 1.82) is 0 Å². The van der Waals surface area contributed by atoms with Crippen LogP contribution in [0.3, 0.4) is 0 Å². The third kappa shape index (κ3) is 3.48. The van der Waals surface area contributed by atoms with Crippen LogP contribution in [0.1, 0.15) is 18.5 Å². The van der Waals surface area contributed by atoms with Crippen molar-refractivity contribution in [3.63, 3.8) is 0 Å². The summed E-state index contributed by atoms with van der Waals surface area (Å²) in [7, 11) is 0. The molecule has 1 fully saturated rings. The Morgan fingerprint density at radius 1 is 1.11 bits per heavy atom. The van der Waals surface area contributed by atoms with E-state index in [1.807, 2.05) is 6.07 Å². The fourth-order valence-corrected chi connectivity index (χ4v) is 1.66. The minimum absolute atomic E-state index is 0.292. The molecule has 1 aromatic carbocycles. The molecule has 5 heteroatoms. The number of nitrogens with zero attached hydrogens (tertiary/aromatic N) is 2. The summed E-state index contributed by atoms with van der Waals surface area (Å²) in [5, 5.41) is 11.4. The number of hydrogen-bond acceptors (Lipinski definition) is 4. The van der Waals surface area contributed by atoms with E-state index in [2.05, 4.69) is 15.5 Å². The Kier molecular flexibility index (Phi) is 3.37.